The van der Waals surface area contributed by atoms with Gasteiger partial charge in [-0.2, -0.15) is 0 Å². The molecule has 0 saturated carbocycles. The van der Waals surface area contributed by atoms with Crippen LogP contribution in [-0.4, -0.2) is 36.1 Å². The van der Waals surface area contributed by atoms with E-state index < -0.39 is 10.8 Å². The van der Waals surface area contributed by atoms with Crippen LogP contribution in [0.15, 0.2) is 52.9 Å². The van der Waals surface area contributed by atoms with Crippen molar-refractivity contribution in [1.82, 2.24) is 0 Å². The Labute approximate surface area is 184 Å². The minimum absolute atomic E-state index is 0.136. The van der Waals surface area contributed by atoms with Gasteiger partial charge < -0.3 is 24.5 Å². The van der Waals surface area contributed by atoms with E-state index in [9.17, 15) is 20.0 Å². The van der Waals surface area contributed by atoms with E-state index in [1.165, 1.54) is 19.2 Å². The third-order valence-corrected chi connectivity index (χ3v) is 5.42. The lowest BCUT2D eigenvalue weighted by atomic mass is 10.1. The number of non-ortho nitro benzene ring substituents is 1. The summed E-state index contributed by atoms with van der Waals surface area (Å²) in [5.41, 5.74) is 1.94. The first-order chi connectivity index (χ1) is 15.5. The van der Waals surface area contributed by atoms with E-state index in [0.717, 1.165) is 25.9 Å². The van der Waals surface area contributed by atoms with E-state index >= 15 is 0 Å². The number of methoxy groups -OCH3 is 1. The van der Waals surface area contributed by atoms with Gasteiger partial charge in [0.05, 0.1) is 28.8 Å². The highest BCUT2D eigenvalue weighted by Gasteiger charge is 2.23. The summed E-state index contributed by atoms with van der Waals surface area (Å²) in [7, 11) is 1.51. The molecule has 1 aliphatic rings. The van der Waals surface area contributed by atoms with Gasteiger partial charge in [-0.3, -0.25) is 14.9 Å². The molecule has 9 heteroatoms. The molecule has 0 atom stereocenters. The molecule has 2 heterocycles. The molecule has 0 spiro atoms. The molecule has 1 saturated heterocycles. The Morgan fingerprint density at radius 3 is 2.62 bits per heavy atom. The summed E-state index contributed by atoms with van der Waals surface area (Å²) in [5.74, 6) is 0.991. The number of aliphatic hydroxyl groups excluding tert-OH is 1. The molecule has 1 aromatic heterocycles. The molecule has 1 aliphatic heterocycles. The van der Waals surface area contributed by atoms with Gasteiger partial charge in [-0.15, -0.1) is 0 Å². The van der Waals surface area contributed by atoms with Crippen LogP contribution in [0.5, 0.6) is 5.75 Å². The molecule has 0 bridgehead atoms. The molecular formula is C23H23N3O6. The van der Waals surface area contributed by atoms with Crippen molar-refractivity contribution in [1.29, 1.82) is 0 Å². The van der Waals surface area contributed by atoms with Crippen LogP contribution in [0.2, 0.25) is 0 Å². The zero-order chi connectivity index (χ0) is 22.7. The van der Waals surface area contributed by atoms with Crippen molar-refractivity contribution in [3.8, 4) is 17.1 Å². The van der Waals surface area contributed by atoms with Gasteiger partial charge in [0.15, 0.2) is 0 Å². The van der Waals surface area contributed by atoms with Gasteiger partial charge in [-0.05, 0) is 43.2 Å². The highest BCUT2D eigenvalue weighted by Crippen LogP contribution is 2.34. The number of nitrogens with one attached hydrogen (secondary N) is 1. The van der Waals surface area contributed by atoms with Crippen LogP contribution in [0.25, 0.3) is 11.3 Å². The van der Waals surface area contributed by atoms with Gasteiger partial charge in [-0.25, -0.2) is 0 Å². The summed E-state index contributed by atoms with van der Waals surface area (Å²) in [5, 5.41) is 23.3. The summed E-state index contributed by atoms with van der Waals surface area (Å²) in [6, 6.07) is 12.9. The maximum atomic E-state index is 13.1. The van der Waals surface area contributed by atoms with Gasteiger partial charge in [0.1, 0.15) is 23.9 Å². The minimum Gasteiger partial charge on any atom is -0.496 e. The number of nitrogens with zero attached hydrogens (tertiary/aromatic N) is 2. The number of rotatable bonds is 7. The number of furan rings is 1. The number of ether oxygens (including phenoxy) is 1. The molecule has 0 aliphatic carbocycles. The molecule has 9 nitrogen and oxygen atoms in total. The molecule has 1 fully saturated rings. The largest absolute Gasteiger partial charge is 0.496 e. The molecule has 32 heavy (non-hydrogen) atoms. The first kappa shape index (κ1) is 21.4. The quantitative estimate of drug-likeness (QED) is 0.420. The van der Waals surface area contributed by atoms with Crippen molar-refractivity contribution in [3.63, 3.8) is 0 Å². The highest BCUT2D eigenvalue weighted by atomic mass is 16.6. The highest BCUT2D eigenvalue weighted by molar-refractivity contribution is 6.08. The maximum Gasteiger partial charge on any atom is 0.270 e. The summed E-state index contributed by atoms with van der Waals surface area (Å²) in [6.45, 7) is 1.40. The molecule has 3 aromatic rings. The number of carbonyl (C=O) groups excluding carboxylic acids is 1. The molecule has 1 amide bonds. The van der Waals surface area contributed by atoms with Crippen molar-refractivity contribution in [3.05, 3.63) is 70.0 Å². The van der Waals surface area contributed by atoms with Crippen LogP contribution in [-0.2, 0) is 6.61 Å². The van der Waals surface area contributed by atoms with Gasteiger partial charge in [0.2, 0.25) is 0 Å². The fourth-order valence-electron chi connectivity index (χ4n) is 3.83. The van der Waals surface area contributed by atoms with Crippen LogP contribution in [0.1, 0.15) is 29.0 Å². The van der Waals surface area contributed by atoms with Gasteiger partial charge in [0, 0.05) is 37.0 Å². The van der Waals surface area contributed by atoms with Gasteiger partial charge in [0.25, 0.3) is 11.6 Å². The minimum atomic E-state index is -0.508. The second kappa shape index (κ2) is 9.11. The number of nitro groups is 1. The number of benzene rings is 2. The van der Waals surface area contributed by atoms with Gasteiger partial charge >= 0.3 is 0 Å². The van der Waals surface area contributed by atoms with Crippen LogP contribution >= 0.6 is 0 Å². The average Bonchev–Trinajstić information content (AvgIpc) is 3.50. The number of amides is 1. The normalized spacial score (nSPS) is 13.2. The Morgan fingerprint density at radius 2 is 1.97 bits per heavy atom. The third kappa shape index (κ3) is 4.28. The SMILES string of the molecule is COc1cc(NC(=O)c2cc([N+](=O)[O-])ccc2N2CCCC2)ccc1-c1ccc(CO)o1. The lowest BCUT2D eigenvalue weighted by Crippen LogP contribution is -2.23. The monoisotopic (exact) mass is 437 g/mol. The second-order valence-corrected chi connectivity index (χ2v) is 7.45. The summed E-state index contributed by atoms with van der Waals surface area (Å²) >= 11 is 0. The number of carbonyl (C=O) groups is 1. The third-order valence-electron chi connectivity index (χ3n) is 5.42. The number of hydrogen-bond acceptors (Lipinski definition) is 7. The number of aliphatic hydroxyl groups is 1. The summed E-state index contributed by atoms with van der Waals surface area (Å²) < 4.78 is 11.0. The van der Waals surface area contributed by atoms with Crippen molar-refractivity contribution < 1.29 is 24.0 Å². The Hall–Kier alpha value is -3.85. The molecule has 2 N–H and O–H groups in total. The predicted molar refractivity (Wildman–Crippen MR) is 119 cm³/mol. The zero-order valence-electron chi connectivity index (χ0n) is 17.5. The van der Waals surface area contributed by atoms with Crippen molar-refractivity contribution in [2.24, 2.45) is 0 Å². The Bertz CT molecular complexity index is 1150. The van der Waals surface area contributed by atoms with Crippen molar-refractivity contribution in [2.45, 2.75) is 19.4 Å². The Kier molecular flexibility index (Phi) is 6.09. The van der Waals surface area contributed by atoms with Crippen molar-refractivity contribution in [2.75, 3.05) is 30.4 Å². The standard InChI is InChI=1S/C23H23N3O6/c1-31-22-12-15(4-7-18(22)21-9-6-17(14-27)32-21)24-23(28)19-13-16(26(29)30)5-8-20(19)25-10-2-3-11-25/h4-9,12-13,27H,2-3,10-11,14H2,1H3,(H,24,28). The lowest BCUT2D eigenvalue weighted by Gasteiger charge is -2.21. The average molecular weight is 437 g/mol. The van der Waals surface area contributed by atoms with E-state index in [2.05, 4.69) is 10.2 Å². The number of anilines is 2. The van der Waals surface area contributed by atoms with E-state index in [1.807, 2.05) is 0 Å². The summed E-state index contributed by atoms with van der Waals surface area (Å²) in [4.78, 5) is 25.9. The number of hydrogen-bond donors (Lipinski definition) is 2. The topological polar surface area (TPSA) is 118 Å². The number of nitro benzene ring substituents is 1. The molecule has 2 aromatic carbocycles. The first-order valence-electron chi connectivity index (χ1n) is 10.2. The van der Waals surface area contributed by atoms with Crippen molar-refractivity contribution >= 4 is 23.0 Å². The van der Waals surface area contributed by atoms with E-state index in [4.69, 9.17) is 9.15 Å². The lowest BCUT2D eigenvalue weighted by molar-refractivity contribution is -0.384. The smallest absolute Gasteiger partial charge is 0.270 e. The molecule has 166 valence electrons. The molecule has 0 radical (unpaired) electrons. The van der Waals surface area contributed by atoms with Crippen LogP contribution in [0.4, 0.5) is 17.1 Å². The van der Waals surface area contributed by atoms with E-state index in [1.54, 1.807) is 36.4 Å². The molecule has 4 rings (SSSR count). The Morgan fingerprint density at radius 1 is 1.19 bits per heavy atom. The van der Waals surface area contributed by atoms with Crippen LogP contribution < -0.4 is 15.0 Å². The zero-order valence-corrected chi connectivity index (χ0v) is 17.5. The first-order valence-corrected chi connectivity index (χ1v) is 10.2. The van der Waals surface area contributed by atoms with Crippen LogP contribution in [0, 0.1) is 10.1 Å². The molecule has 0 unspecified atom stereocenters. The summed E-state index contributed by atoms with van der Waals surface area (Å²) in [6.07, 6.45) is 2.03. The Balaban J connectivity index is 1.63. The predicted octanol–water partition coefficient (Wildman–Crippen LogP) is 4.21. The van der Waals surface area contributed by atoms with E-state index in [0.29, 0.717) is 34.2 Å². The fraction of sp³-hybridized carbons (Fsp3) is 0.261. The van der Waals surface area contributed by atoms with Gasteiger partial charge in [-0.1, -0.05) is 0 Å². The molecular weight excluding hydrogens is 414 g/mol. The maximum absolute atomic E-state index is 13.1. The fourth-order valence-corrected chi connectivity index (χ4v) is 3.83. The van der Waals surface area contributed by atoms with E-state index in [-0.39, 0.29) is 17.9 Å². The second-order valence-electron chi connectivity index (χ2n) is 7.45. The van der Waals surface area contributed by atoms with Crippen LogP contribution in [0.3, 0.4) is 0 Å².